The van der Waals surface area contributed by atoms with Crippen LogP contribution in [0.3, 0.4) is 0 Å². The van der Waals surface area contributed by atoms with E-state index >= 15 is 0 Å². The van der Waals surface area contributed by atoms with E-state index in [-0.39, 0.29) is 11.7 Å². The molecule has 0 saturated carbocycles. The molecule has 0 bridgehead atoms. The number of hydrogen-bond acceptors (Lipinski definition) is 3. The lowest BCUT2D eigenvalue weighted by Gasteiger charge is -2.23. The predicted octanol–water partition coefficient (Wildman–Crippen LogP) is 3.49. The zero-order valence-corrected chi connectivity index (χ0v) is 11.9. The van der Waals surface area contributed by atoms with Gasteiger partial charge in [0.2, 0.25) is 0 Å². The Balaban J connectivity index is 2.04. The molecule has 0 fully saturated rings. The molecule has 0 aliphatic heterocycles. The highest BCUT2D eigenvalue weighted by atomic mass is 16.1. The van der Waals surface area contributed by atoms with Gasteiger partial charge in [0.05, 0.1) is 12.1 Å². The first-order chi connectivity index (χ1) is 10.8. The SMILES string of the molecule is N#CC(C#N)[C@@H](c1ccccc1)[C@H]1Cc2ccccc2C1=O. The second kappa shape index (κ2) is 5.84. The fourth-order valence-electron chi connectivity index (χ4n) is 3.28. The highest BCUT2D eigenvalue weighted by Gasteiger charge is 2.40. The normalized spacial score (nSPS) is 17.6. The number of ketones is 1. The van der Waals surface area contributed by atoms with Crippen LogP contribution in [0.1, 0.15) is 27.4 Å². The zero-order chi connectivity index (χ0) is 15.5. The molecule has 0 heterocycles. The van der Waals surface area contributed by atoms with E-state index in [2.05, 4.69) is 12.1 Å². The summed E-state index contributed by atoms with van der Waals surface area (Å²) in [5.41, 5.74) is 2.61. The lowest BCUT2D eigenvalue weighted by Crippen LogP contribution is -2.24. The summed E-state index contributed by atoms with van der Waals surface area (Å²) >= 11 is 0. The number of Topliss-reactive ketones (excluding diaryl/α,β-unsaturated/α-hetero) is 1. The number of carbonyl (C=O) groups is 1. The van der Waals surface area contributed by atoms with E-state index in [9.17, 15) is 15.3 Å². The van der Waals surface area contributed by atoms with Crippen LogP contribution in [0.4, 0.5) is 0 Å². The molecule has 1 aliphatic rings. The average Bonchev–Trinajstić information content (AvgIpc) is 2.90. The van der Waals surface area contributed by atoms with Crippen molar-refractivity contribution in [2.45, 2.75) is 12.3 Å². The smallest absolute Gasteiger partial charge is 0.167 e. The highest BCUT2D eigenvalue weighted by molar-refractivity contribution is 6.02. The van der Waals surface area contributed by atoms with Crippen LogP contribution in [-0.2, 0) is 6.42 Å². The maximum absolute atomic E-state index is 12.7. The van der Waals surface area contributed by atoms with Gasteiger partial charge in [-0.15, -0.1) is 0 Å². The molecule has 0 unspecified atom stereocenters. The Morgan fingerprint density at radius 1 is 0.955 bits per heavy atom. The second-order valence-electron chi connectivity index (χ2n) is 5.50. The molecular formula is C19H14N2O. The minimum Gasteiger partial charge on any atom is -0.294 e. The van der Waals surface area contributed by atoms with E-state index in [0.717, 1.165) is 16.7 Å². The average molecular weight is 286 g/mol. The van der Waals surface area contributed by atoms with Gasteiger partial charge in [0, 0.05) is 17.4 Å². The summed E-state index contributed by atoms with van der Waals surface area (Å²) in [6.45, 7) is 0. The largest absolute Gasteiger partial charge is 0.294 e. The summed E-state index contributed by atoms with van der Waals surface area (Å²) in [6, 6.07) is 21.1. The number of fused-ring (bicyclic) bond motifs is 1. The van der Waals surface area contributed by atoms with Crippen molar-refractivity contribution < 1.29 is 4.79 Å². The second-order valence-corrected chi connectivity index (χ2v) is 5.50. The van der Waals surface area contributed by atoms with Crippen molar-refractivity contribution in [2.75, 3.05) is 0 Å². The molecule has 106 valence electrons. The molecule has 2 atom stereocenters. The van der Waals surface area contributed by atoms with Gasteiger partial charge in [-0.25, -0.2) is 0 Å². The molecule has 2 aromatic rings. The summed E-state index contributed by atoms with van der Waals surface area (Å²) in [5.74, 6) is -1.52. The minimum absolute atomic E-state index is 0.0416. The minimum atomic E-state index is -0.828. The first-order valence-electron chi connectivity index (χ1n) is 7.22. The molecule has 0 radical (unpaired) electrons. The van der Waals surface area contributed by atoms with E-state index in [1.165, 1.54) is 0 Å². The Kier molecular flexibility index (Phi) is 3.73. The third-order valence-electron chi connectivity index (χ3n) is 4.31. The third kappa shape index (κ3) is 2.28. The lowest BCUT2D eigenvalue weighted by atomic mass is 9.76. The van der Waals surface area contributed by atoms with E-state index in [1.54, 1.807) is 0 Å². The van der Waals surface area contributed by atoms with Crippen LogP contribution in [0, 0.1) is 34.5 Å². The number of rotatable bonds is 3. The molecule has 2 aromatic carbocycles. The quantitative estimate of drug-likeness (QED) is 0.867. The third-order valence-corrected chi connectivity index (χ3v) is 4.31. The van der Waals surface area contributed by atoms with Crippen molar-refractivity contribution in [3.05, 3.63) is 71.3 Å². The number of carbonyl (C=O) groups excluding carboxylic acids is 1. The Bertz CT molecular complexity index is 769. The summed E-state index contributed by atoms with van der Waals surface area (Å²) in [4.78, 5) is 12.7. The van der Waals surface area contributed by atoms with Crippen LogP contribution in [0.2, 0.25) is 0 Å². The number of nitriles is 2. The van der Waals surface area contributed by atoms with Crippen LogP contribution in [0.15, 0.2) is 54.6 Å². The molecule has 0 spiro atoms. The van der Waals surface area contributed by atoms with Crippen molar-refractivity contribution in [1.82, 2.24) is 0 Å². The summed E-state index contributed by atoms with van der Waals surface area (Å²) in [6.07, 6.45) is 0.592. The summed E-state index contributed by atoms with van der Waals surface area (Å²) in [5, 5.41) is 18.7. The van der Waals surface area contributed by atoms with Crippen molar-refractivity contribution >= 4 is 5.78 Å². The Hall–Kier alpha value is -2.91. The van der Waals surface area contributed by atoms with Crippen molar-refractivity contribution in [3.8, 4) is 12.1 Å². The van der Waals surface area contributed by atoms with Gasteiger partial charge >= 0.3 is 0 Å². The molecular weight excluding hydrogens is 272 g/mol. The lowest BCUT2D eigenvalue weighted by molar-refractivity contribution is 0.0912. The summed E-state index contributed by atoms with van der Waals surface area (Å²) < 4.78 is 0. The highest BCUT2D eigenvalue weighted by Crippen LogP contribution is 2.40. The van der Waals surface area contributed by atoms with E-state index < -0.39 is 11.8 Å². The van der Waals surface area contributed by atoms with Gasteiger partial charge in [-0.2, -0.15) is 10.5 Å². The van der Waals surface area contributed by atoms with Gasteiger partial charge in [0.25, 0.3) is 0 Å². The van der Waals surface area contributed by atoms with Gasteiger partial charge in [-0.3, -0.25) is 4.79 Å². The van der Waals surface area contributed by atoms with Gasteiger partial charge in [0.15, 0.2) is 5.78 Å². The fraction of sp³-hybridized carbons (Fsp3) is 0.211. The Morgan fingerprint density at radius 2 is 1.59 bits per heavy atom. The van der Waals surface area contributed by atoms with Gasteiger partial charge < -0.3 is 0 Å². The Morgan fingerprint density at radius 3 is 2.23 bits per heavy atom. The topological polar surface area (TPSA) is 64.7 Å². The molecule has 0 saturated heterocycles. The molecule has 3 nitrogen and oxygen atoms in total. The van der Waals surface area contributed by atoms with Crippen LogP contribution in [-0.4, -0.2) is 5.78 Å². The van der Waals surface area contributed by atoms with Gasteiger partial charge in [-0.05, 0) is 17.5 Å². The Labute approximate surface area is 129 Å². The van der Waals surface area contributed by atoms with Crippen LogP contribution in [0.25, 0.3) is 0 Å². The van der Waals surface area contributed by atoms with Crippen molar-refractivity contribution in [2.24, 2.45) is 11.8 Å². The molecule has 3 heteroatoms. The predicted molar refractivity (Wildman–Crippen MR) is 81.9 cm³/mol. The maximum atomic E-state index is 12.7. The van der Waals surface area contributed by atoms with E-state index in [4.69, 9.17) is 0 Å². The number of benzene rings is 2. The fourth-order valence-corrected chi connectivity index (χ4v) is 3.28. The summed E-state index contributed by atoms with van der Waals surface area (Å²) in [7, 11) is 0. The van der Waals surface area contributed by atoms with Crippen LogP contribution < -0.4 is 0 Å². The van der Waals surface area contributed by atoms with E-state index in [0.29, 0.717) is 6.42 Å². The van der Waals surface area contributed by atoms with E-state index in [1.807, 2.05) is 54.6 Å². The van der Waals surface area contributed by atoms with Crippen LogP contribution in [0.5, 0.6) is 0 Å². The zero-order valence-electron chi connectivity index (χ0n) is 11.9. The first kappa shape index (κ1) is 14.0. The number of nitrogens with zero attached hydrogens (tertiary/aromatic N) is 2. The van der Waals surface area contributed by atoms with Gasteiger partial charge in [-0.1, -0.05) is 54.6 Å². The van der Waals surface area contributed by atoms with Crippen molar-refractivity contribution in [1.29, 1.82) is 10.5 Å². The molecule has 22 heavy (non-hydrogen) atoms. The standard InChI is InChI=1S/C19H14N2O/c20-11-15(12-21)18(13-6-2-1-3-7-13)17-10-14-8-4-5-9-16(14)19(17)22/h1-9,15,17-18H,10H2/t17-,18-/m1/s1. The maximum Gasteiger partial charge on any atom is 0.167 e. The molecule has 0 amide bonds. The molecule has 0 aromatic heterocycles. The molecule has 0 N–H and O–H groups in total. The molecule has 1 aliphatic carbocycles. The first-order valence-corrected chi connectivity index (χ1v) is 7.22. The van der Waals surface area contributed by atoms with Gasteiger partial charge in [0.1, 0.15) is 5.92 Å². The number of hydrogen-bond donors (Lipinski definition) is 0. The van der Waals surface area contributed by atoms with Crippen LogP contribution >= 0.6 is 0 Å². The molecule has 3 rings (SSSR count). The van der Waals surface area contributed by atoms with Crippen molar-refractivity contribution in [3.63, 3.8) is 0 Å². The monoisotopic (exact) mass is 286 g/mol.